The van der Waals surface area contributed by atoms with Crippen LogP contribution >= 0.6 is 34.7 Å². The molecule has 0 aliphatic carbocycles. The van der Waals surface area contributed by atoms with E-state index in [0.29, 0.717) is 16.3 Å². The molecule has 4 rings (SSSR count). The fraction of sp³-hybridized carbons (Fsp3) is 0.0952. The highest BCUT2D eigenvalue weighted by atomic mass is 35.5. The van der Waals surface area contributed by atoms with Crippen LogP contribution in [-0.4, -0.2) is 21.5 Å². The third-order valence-corrected chi connectivity index (χ3v) is 6.45. The quantitative estimate of drug-likeness (QED) is 0.220. The van der Waals surface area contributed by atoms with Gasteiger partial charge in [0.05, 0.1) is 11.1 Å². The van der Waals surface area contributed by atoms with Crippen molar-refractivity contribution in [1.29, 1.82) is 0 Å². The molecular formula is C21H15ClN2OS2. The highest BCUT2D eigenvalue weighted by molar-refractivity contribution is 8.00. The Morgan fingerprint density at radius 1 is 1.07 bits per heavy atom. The second-order valence-corrected chi connectivity index (χ2v) is 8.58. The number of aryl methyl sites for hydroxylation is 1. The number of carbonyl (C=O) groups is 1. The van der Waals surface area contributed by atoms with Crippen molar-refractivity contribution in [2.24, 2.45) is 0 Å². The lowest BCUT2D eigenvalue weighted by molar-refractivity contribution is 0.102. The van der Waals surface area contributed by atoms with Gasteiger partial charge in [-0.1, -0.05) is 53.7 Å². The van der Waals surface area contributed by atoms with Gasteiger partial charge in [-0.05, 0) is 36.8 Å². The summed E-state index contributed by atoms with van der Waals surface area (Å²) in [5.41, 5.74) is 2.95. The number of carbonyl (C=O) groups excluding carboxylic acids is 1. The van der Waals surface area contributed by atoms with Crippen molar-refractivity contribution < 1.29 is 4.79 Å². The molecule has 0 aliphatic rings. The van der Waals surface area contributed by atoms with Crippen LogP contribution in [0.15, 0.2) is 66.0 Å². The number of benzene rings is 2. The maximum atomic E-state index is 12.5. The van der Waals surface area contributed by atoms with Crippen LogP contribution in [-0.2, 0) is 0 Å². The molecule has 0 fully saturated rings. The lowest BCUT2D eigenvalue weighted by Crippen LogP contribution is -2.02. The second-order valence-electron chi connectivity index (χ2n) is 5.98. The van der Waals surface area contributed by atoms with Crippen LogP contribution in [0.1, 0.15) is 15.2 Å². The molecule has 0 spiro atoms. The van der Waals surface area contributed by atoms with Gasteiger partial charge in [-0.15, -0.1) is 11.3 Å². The SMILES string of the molecule is Cc1sc2ncnc(SCC(=O)c3ccc(Cl)cc3)c2c1-c1ccccc1. The van der Waals surface area contributed by atoms with E-state index >= 15 is 0 Å². The predicted octanol–water partition coefficient (Wildman–Crippen LogP) is 6.30. The van der Waals surface area contributed by atoms with Crippen LogP contribution in [0.25, 0.3) is 21.3 Å². The van der Waals surface area contributed by atoms with Crippen LogP contribution in [0.2, 0.25) is 5.02 Å². The predicted molar refractivity (Wildman–Crippen MR) is 114 cm³/mol. The molecule has 0 amide bonds. The number of hydrogen-bond donors (Lipinski definition) is 0. The number of rotatable bonds is 5. The smallest absolute Gasteiger partial charge is 0.173 e. The Bertz CT molecular complexity index is 1110. The Labute approximate surface area is 170 Å². The van der Waals surface area contributed by atoms with E-state index in [9.17, 15) is 4.79 Å². The van der Waals surface area contributed by atoms with Crippen molar-refractivity contribution in [2.45, 2.75) is 11.9 Å². The highest BCUT2D eigenvalue weighted by Crippen LogP contribution is 2.41. The number of hydrogen-bond acceptors (Lipinski definition) is 5. The normalized spacial score (nSPS) is 11.0. The van der Waals surface area contributed by atoms with Gasteiger partial charge in [0.25, 0.3) is 0 Å². The summed E-state index contributed by atoms with van der Waals surface area (Å²) in [6.07, 6.45) is 1.57. The number of ketones is 1. The van der Waals surface area contributed by atoms with E-state index in [2.05, 4.69) is 29.0 Å². The summed E-state index contributed by atoms with van der Waals surface area (Å²) in [6, 6.07) is 17.2. The molecule has 27 heavy (non-hydrogen) atoms. The van der Waals surface area contributed by atoms with Crippen LogP contribution < -0.4 is 0 Å². The molecule has 2 aromatic carbocycles. The summed E-state index contributed by atoms with van der Waals surface area (Å²) < 4.78 is 0. The molecule has 0 atom stereocenters. The first-order valence-electron chi connectivity index (χ1n) is 8.34. The monoisotopic (exact) mass is 410 g/mol. The fourth-order valence-corrected chi connectivity index (χ4v) is 5.03. The Morgan fingerprint density at radius 3 is 2.56 bits per heavy atom. The number of nitrogens with zero attached hydrogens (tertiary/aromatic N) is 2. The van der Waals surface area contributed by atoms with Crippen molar-refractivity contribution in [3.63, 3.8) is 0 Å². The molecule has 6 heteroatoms. The molecular weight excluding hydrogens is 396 g/mol. The topological polar surface area (TPSA) is 42.9 Å². The number of halogens is 1. The summed E-state index contributed by atoms with van der Waals surface area (Å²) >= 11 is 9.01. The maximum Gasteiger partial charge on any atom is 0.173 e. The zero-order valence-corrected chi connectivity index (χ0v) is 16.9. The van der Waals surface area contributed by atoms with Crippen molar-refractivity contribution in [1.82, 2.24) is 9.97 Å². The first-order valence-corrected chi connectivity index (χ1v) is 10.5. The number of aromatic nitrogens is 2. The Kier molecular flexibility index (Phi) is 5.25. The van der Waals surface area contributed by atoms with Gasteiger partial charge in [0, 0.05) is 21.0 Å². The molecule has 3 nitrogen and oxygen atoms in total. The Balaban J connectivity index is 1.68. The van der Waals surface area contributed by atoms with Gasteiger partial charge in [0.2, 0.25) is 0 Å². The van der Waals surface area contributed by atoms with E-state index in [0.717, 1.165) is 26.4 Å². The molecule has 4 aromatic rings. The summed E-state index contributed by atoms with van der Waals surface area (Å²) in [7, 11) is 0. The van der Waals surface area contributed by atoms with E-state index in [1.165, 1.54) is 16.6 Å². The summed E-state index contributed by atoms with van der Waals surface area (Å²) in [5.74, 6) is 0.369. The Morgan fingerprint density at radius 2 is 1.81 bits per heavy atom. The molecule has 0 bridgehead atoms. The molecule has 0 saturated carbocycles. The second kappa shape index (κ2) is 7.80. The van der Waals surface area contributed by atoms with Crippen molar-refractivity contribution in [2.75, 3.05) is 5.75 Å². The van der Waals surface area contributed by atoms with Gasteiger partial charge in [-0.2, -0.15) is 0 Å². The number of thiophene rings is 1. The molecule has 2 heterocycles. The third-order valence-electron chi connectivity index (χ3n) is 4.20. The van der Waals surface area contributed by atoms with Crippen molar-refractivity contribution >= 4 is 50.7 Å². The molecule has 134 valence electrons. The summed E-state index contributed by atoms with van der Waals surface area (Å²) in [5, 5.41) is 2.49. The van der Waals surface area contributed by atoms with E-state index < -0.39 is 0 Å². The summed E-state index contributed by atoms with van der Waals surface area (Å²) in [4.78, 5) is 23.6. The van der Waals surface area contributed by atoms with Gasteiger partial charge >= 0.3 is 0 Å². The van der Waals surface area contributed by atoms with Gasteiger partial charge in [-0.25, -0.2) is 9.97 Å². The van der Waals surface area contributed by atoms with Gasteiger partial charge in [0.1, 0.15) is 16.2 Å². The zero-order chi connectivity index (χ0) is 18.8. The highest BCUT2D eigenvalue weighted by Gasteiger charge is 2.18. The lowest BCUT2D eigenvalue weighted by Gasteiger charge is -2.06. The number of thioether (sulfide) groups is 1. The molecule has 0 saturated heterocycles. The minimum Gasteiger partial charge on any atom is -0.293 e. The Hall–Kier alpha value is -2.21. The lowest BCUT2D eigenvalue weighted by atomic mass is 10.0. The standard InChI is InChI=1S/C21H15ClN2OS2/c1-13-18(15-5-3-2-4-6-15)19-20(23-12-24-21(19)27-13)26-11-17(25)14-7-9-16(22)10-8-14/h2-10,12H,11H2,1H3. The van der Waals surface area contributed by atoms with Crippen LogP contribution in [0.4, 0.5) is 0 Å². The molecule has 0 unspecified atom stereocenters. The average Bonchev–Trinajstić information content (AvgIpc) is 3.03. The van der Waals surface area contributed by atoms with Crippen molar-refractivity contribution in [3.8, 4) is 11.1 Å². The van der Waals surface area contributed by atoms with E-state index in [1.54, 1.807) is 41.9 Å². The molecule has 0 aliphatic heterocycles. The minimum absolute atomic E-state index is 0.0524. The van der Waals surface area contributed by atoms with Gasteiger partial charge < -0.3 is 0 Å². The van der Waals surface area contributed by atoms with Crippen LogP contribution in [0.3, 0.4) is 0 Å². The number of Topliss-reactive ketones (excluding diaryl/α,β-unsaturated/α-hetero) is 1. The van der Waals surface area contributed by atoms with Crippen LogP contribution in [0, 0.1) is 6.92 Å². The maximum absolute atomic E-state index is 12.5. The first-order chi connectivity index (χ1) is 13.1. The van der Waals surface area contributed by atoms with Crippen molar-refractivity contribution in [3.05, 3.63) is 76.4 Å². The van der Waals surface area contributed by atoms with Gasteiger partial charge in [-0.3, -0.25) is 4.79 Å². The van der Waals surface area contributed by atoms with E-state index in [4.69, 9.17) is 11.6 Å². The largest absolute Gasteiger partial charge is 0.293 e. The van der Waals surface area contributed by atoms with Crippen LogP contribution in [0.5, 0.6) is 0 Å². The molecule has 0 radical (unpaired) electrons. The minimum atomic E-state index is 0.0524. The molecule has 2 aromatic heterocycles. The third kappa shape index (κ3) is 3.76. The summed E-state index contributed by atoms with van der Waals surface area (Å²) in [6.45, 7) is 2.10. The number of fused-ring (bicyclic) bond motifs is 1. The van der Waals surface area contributed by atoms with E-state index in [-0.39, 0.29) is 5.78 Å². The fourth-order valence-electron chi connectivity index (χ4n) is 2.93. The average molecular weight is 411 g/mol. The van der Waals surface area contributed by atoms with Gasteiger partial charge in [0.15, 0.2) is 5.78 Å². The molecule has 0 N–H and O–H groups in total. The zero-order valence-electron chi connectivity index (χ0n) is 14.5. The first kappa shape index (κ1) is 18.2. The van der Waals surface area contributed by atoms with E-state index in [1.807, 2.05) is 18.2 Å².